The van der Waals surface area contributed by atoms with Gasteiger partial charge in [-0.25, -0.2) is 0 Å². The van der Waals surface area contributed by atoms with Gasteiger partial charge in [0.25, 0.3) is 17.3 Å². The first-order chi connectivity index (χ1) is 13.8. The first-order valence-corrected chi connectivity index (χ1v) is 8.54. The second kappa shape index (κ2) is 7.89. The number of carbonyl (C=O) groups excluding carboxylic acids is 2. The number of β-lactam (4-membered cyclic amide) rings is 1. The van der Waals surface area contributed by atoms with Crippen molar-refractivity contribution in [2.45, 2.75) is 12.1 Å². The number of carbonyl (C=O) groups is 2. The van der Waals surface area contributed by atoms with Gasteiger partial charge in [0.2, 0.25) is 5.91 Å². The molecule has 10 heteroatoms. The van der Waals surface area contributed by atoms with E-state index in [1.165, 1.54) is 4.90 Å². The van der Waals surface area contributed by atoms with Gasteiger partial charge in [0.05, 0.1) is 27.5 Å². The Morgan fingerprint density at radius 1 is 1.10 bits per heavy atom. The number of benzene rings is 2. The van der Waals surface area contributed by atoms with E-state index in [1.54, 1.807) is 18.2 Å². The number of nitrogens with one attached hydrogen (secondary N) is 1. The molecule has 0 aromatic heterocycles. The minimum Gasteiger partial charge on any atom is -0.338 e. The number of hydrogen-bond acceptors (Lipinski definition) is 6. The van der Waals surface area contributed by atoms with E-state index in [0.717, 1.165) is 23.8 Å². The average Bonchev–Trinajstić information content (AvgIpc) is 2.72. The molecule has 29 heavy (non-hydrogen) atoms. The molecule has 1 unspecified atom stereocenters. The second-order valence-corrected chi connectivity index (χ2v) is 6.34. The summed E-state index contributed by atoms with van der Waals surface area (Å²) in [4.78, 5) is 47.1. The molecule has 0 radical (unpaired) electrons. The molecule has 3 rings (SSSR count). The molecule has 0 aliphatic carbocycles. The van der Waals surface area contributed by atoms with Gasteiger partial charge in [0.1, 0.15) is 6.04 Å². The van der Waals surface area contributed by atoms with Gasteiger partial charge < -0.3 is 10.2 Å². The SMILES string of the molecule is C=CCN1C(=O)[C@@H](NC(=O)c2cc([N+](=O)[O-])cc([N+](=O)[O-])c2)C1c1ccccc1. The minimum atomic E-state index is -0.900. The van der Waals surface area contributed by atoms with E-state index >= 15 is 0 Å². The lowest BCUT2D eigenvalue weighted by molar-refractivity contribution is -0.394. The molecule has 1 aliphatic rings. The molecule has 0 bridgehead atoms. The van der Waals surface area contributed by atoms with Gasteiger partial charge in [-0.1, -0.05) is 36.4 Å². The van der Waals surface area contributed by atoms with Gasteiger partial charge in [-0.15, -0.1) is 6.58 Å². The highest BCUT2D eigenvalue weighted by Crippen LogP contribution is 2.35. The number of nitrogens with zero attached hydrogens (tertiary/aromatic N) is 3. The molecule has 1 saturated heterocycles. The average molecular weight is 396 g/mol. The van der Waals surface area contributed by atoms with Crippen molar-refractivity contribution in [3.8, 4) is 0 Å². The van der Waals surface area contributed by atoms with Gasteiger partial charge in [0.15, 0.2) is 0 Å². The van der Waals surface area contributed by atoms with Crippen molar-refractivity contribution < 1.29 is 19.4 Å². The summed E-state index contributed by atoms with van der Waals surface area (Å²) in [5.74, 6) is -1.15. The Labute approximate surface area is 164 Å². The molecule has 148 valence electrons. The molecule has 0 saturated carbocycles. The summed E-state index contributed by atoms with van der Waals surface area (Å²) < 4.78 is 0. The zero-order valence-corrected chi connectivity index (χ0v) is 15.1. The number of amides is 2. The van der Waals surface area contributed by atoms with Crippen molar-refractivity contribution in [3.63, 3.8) is 0 Å². The lowest BCUT2D eigenvalue weighted by atomic mass is 9.88. The first kappa shape index (κ1) is 19.7. The normalized spacial score (nSPS) is 17.9. The smallest absolute Gasteiger partial charge is 0.277 e. The van der Waals surface area contributed by atoms with Crippen LogP contribution in [0.3, 0.4) is 0 Å². The third-order valence-electron chi connectivity index (χ3n) is 4.54. The van der Waals surface area contributed by atoms with E-state index in [4.69, 9.17) is 0 Å². The Morgan fingerprint density at radius 2 is 1.69 bits per heavy atom. The van der Waals surface area contributed by atoms with Crippen LogP contribution in [0.25, 0.3) is 0 Å². The van der Waals surface area contributed by atoms with Crippen LogP contribution in [0.4, 0.5) is 11.4 Å². The zero-order chi connectivity index (χ0) is 21.1. The van der Waals surface area contributed by atoms with E-state index in [9.17, 15) is 29.8 Å². The van der Waals surface area contributed by atoms with Gasteiger partial charge in [-0.2, -0.15) is 0 Å². The lowest BCUT2D eigenvalue weighted by Gasteiger charge is -2.47. The number of nitro groups is 2. The highest BCUT2D eigenvalue weighted by atomic mass is 16.6. The second-order valence-electron chi connectivity index (χ2n) is 6.34. The minimum absolute atomic E-state index is 0.271. The Bertz CT molecular complexity index is 975. The third kappa shape index (κ3) is 3.81. The Balaban J connectivity index is 1.89. The van der Waals surface area contributed by atoms with Crippen LogP contribution in [0.1, 0.15) is 22.0 Å². The Hall–Kier alpha value is -4.08. The van der Waals surface area contributed by atoms with Crippen LogP contribution in [0, 0.1) is 20.2 Å². The maximum Gasteiger partial charge on any atom is 0.277 e. The number of hydrogen-bond donors (Lipinski definition) is 1. The summed E-state index contributed by atoms with van der Waals surface area (Å²) in [6.45, 7) is 3.91. The maximum absolute atomic E-state index is 12.6. The van der Waals surface area contributed by atoms with Crippen molar-refractivity contribution in [3.05, 3.63) is 92.5 Å². The number of rotatable bonds is 7. The molecule has 1 N–H and O–H groups in total. The van der Waals surface area contributed by atoms with Gasteiger partial charge >= 0.3 is 0 Å². The van der Waals surface area contributed by atoms with Crippen molar-refractivity contribution in [1.82, 2.24) is 10.2 Å². The fraction of sp³-hybridized carbons (Fsp3) is 0.158. The van der Waals surface area contributed by atoms with Crippen LogP contribution in [-0.4, -0.2) is 39.1 Å². The predicted octanol–water partition coefficient (Wildman–Crippen LogP) is 2.37. The van der Waals surface area contributed by atoms with Gasteiger partial charge in [0, 0.05) is 18.7 Å². The van der Waals surface area contributed by atoms with E-state index in [-0.39, 0.29) is 18.0 Å². The van der Waals surface area contributed by atoms with Crippen LogP contribution >= 0.6 is 0 Å². The van der Waals surface area contributed by atoms with Crippen LogP contribution < -0.4 is 5.32 Å². The van der Waals surface area contributed by atoms with Crippen molar-refractivity contribution in [2.24, 2.45) is 0 Å². The number of likely N-dealkylation sites (tertiary alicyclic amines) is 1. The predicted molar refractivity (Wildman–Crippen MR) is 102 cm³/mol. The monoisotopic (exact) mass is 396 g/mol. The van der Waals surface area contributed by atoms with Gasteiger partial charge in [-0.3, -0.25) is 29.8 Å². The summed E-state index contributed by atoms with van der Waals surface area (Å²) in [6.07, 6.45) is 1.57. The van der Waals surface area contributed by atoms with Crippen molar-refractivity contribution in [1.29, 1.82) is 0 Å². The van der Waals surface area contributed by atoms with E-state index < -0.39 is 39.2 Å². The van der Waals surface area contributed by atoms with E-state index in [1.807, 2.05) is 18.2 Å². The highest BCUT2D eigenvalue weighted by Gasteiger charge is 2.48. The molecule has 1 fully saturated rings. The molecule has 1 aliphatic heterocycles. The summed E-state index contributed by atoms with van der Waals surface area (Å²) in [7, 11) is 0. The first-order valence-electron chi connectivity index (χ1n) is 8.54. The zero-order valence-electron chi connectivity index (χ0n) is 15.1. The van der Waals surface area contributed by atoms with Crippen LogP contribution in [0.5, 0.6) is 0 Å². The number of nitro benzene ring substituents is 2. The standard InChI is InChI=1S/C19H16N4O6/c1-2-8-21-17(12-6-4-3-5-7-12)16(19(21)25)20-18(24)13-9-14(22(26)27)11-15(10-13)23(28)29/h2-7,9-11,16-17H,1,8H2,(H,20,24)/t16-,17?/m0/s1. The number of non-ortho nitro benzene ring substituents is 2. The van der Waals surface area contributed by atoms with Crippen molar-refractivity contribution in [2.75, 3.05) is 6.54 Å². The van der Waals surface area contributed by atoms with Gasteiger partial charge in [-0.05, 0) is 5.56 Å². The Morgan fingerprint density at radius 3 is 2.21 bits per heavy atom. The van der Waals surface area contributed by atoms with Crippen molar-refractivity contribution >= 4 is 23.2 Å². The third-order valence-corrected chi connectivity index (χ3v) is 4.54. The molecular weight excluding hydrogens is 380 g/mol. The molecule has 2 atom stereocenters. The Kier molecular flexibility index (Phi) is 5.35. The van der Waals surface area contributed by atoms with E-state index in [2.05, 4.69) is 11.9 Å². The molecule has 0 spiro atoms. The molecular formula is C19H16N4O6. The van der Waals surface area contributed by atoms with E-state index in [0.29, 0.717) is 0 Å². The highest BCUT2D eigenvalue weighted by molar-refractivity contribution is 6.00. The van der Waals surface area contributed by atoms with Crippen LogP contribution in [0.15, 0.2) is 61.2 Å². The topological polar surface area (TPSA) is 136 Å². The molecule has 1 heterocycles. The summed E-state index contributed by atoms with van der Waals surface area (Å²) in [6, 6.07) is 10.3. The molecule has 2 aromatic carbocycles. The summed E-state index contributed by atoms with van der Waals surface area (Å²) in [5, 5.41) is 24.6. The molecule has 2 amide bonds. The molecule has 2 aromatic rings. The fourth-order valence-corrected chi connectivity index (χ4v) is 3.22. The summed E-state index contributed by atoms with van der Waals surface area (Å²) in [5.41, 5.74) is -0.647. The quantitative estimate of drug-likeness (QED) is 0.330. The fourth-order valence-electron chi connectivity index (χ4n) is 3.22. The van der Waals surface area contributed by atoms with Crippen LogP contribution in [0.2, 0.25) is 0 Å². The maximum atomic E-state index is 12.6. The van der Waals surface area contributed by atoms with Crippen LogP contribution in [-0.2, 0) is 4.79 Å². The molecule has 10 nitrogen and oxygen atoms in total. The summed E-state index contributed by atoms with van der Waals surface area (Å²) >= 11 is 0. The lowest BCUT2D eigenvalue weighted by Crippen LogP contribution is -2.65. The largest absolute Gasteiger partial charge is 0.338 e.